The Kier molecular flexibility index (Phi) is 6.26. The first-order chi connectivity index (χ1) is 9.79. The molecule has 0 radical (unpaired) electrons. The monoisotopic (exact) mass is 280 g/mol. The molecule has 1 unspecified atom stereocenters. The van der Waals surface area contributed by atoms with Crippen molar-refractivity contribution in [3.05, 3.63) is 29.8 Å². The molecule has 1 aliphatic rings. The molecule has 5 heteroatoms. The highest BCUT2D eigenvalue weighted by atomic mass is 16.5. The van der Waals surface area contributed by atoms with E-state index in [0.29, 0.717) is 6.54 Å². The molecule has 1 aromatic carbocycles. The van der Waals surface area contributed by atoms with Crippen LogP contribution in [-0.2, 0) is 4.74 Å². The van der Waals surface area contributed by atoms with Crippen LogP contribution >= 0.6 is 0 Å². The minimum Gasteiger partial charge on any atom is -0.497 e. The van der Waals surface area contributed by atoms with Gasteiger partial charge in [0.1, 0.15) is 5.75 Å². The molecule has 1 atom stereocenters. The van der Waals surface area contributed by atoms with E-state index >= 15 is 0 Å². The second-order valence-electron chi connectivity index (χ2n) is 4.95. The lowest BCUT2D eigenvalue weighted by molar-refractivity contribution is 0.0380. The Balaban J connectivity index is 1.67. The minimum atomic E-state index is -0.505. The Bertz CT molecular complexity index is 394. The van der Waals surface area contributed by atoms with Gasteiger partial charge < -0.3 is 19.9 Å². The van der Waals surface area contributed by atoms with Gasteiger partial charge in [0.05, 0.1) is 26.4 Å². The van der Waals surface area contributed by atoms with Gasteiger partial charge >= 0.3 is 0 Å². The van der Waals surface area contributed by atoms with E-state index in [1.54, 1.807) is 7.11 Å². The minimum absolute atomic E-state index is 0.505. The normalized spacial score (nSPS) is 17.9. The number of ether oxygens (including phenoxy) is 2. The van der Waals surface area contributed by atoms with E-state index in [-0.39, 0.29) is 0 Å². The Morgan fingerprint density at radius 1 is 1.40 bits per heavy atom. The van der Waals surface area contributed by atoms with Crippen LogP contribution in [0.25, 0.3) is 0 Å². The molecule has 0 aromatic heterocycles. The van der Waals surface area contributed by atoms with Crippen molar-refractivity contribution in [1.82, 2.24) is 10.2 Å². The molecule has 1 heterocycles. The summed E-state index contributed by atoms with van der Waals surface area (Å²) in [6.07, 6.45) is -0.505. The van der Waals surface area contributed by atoms with Gasteiger partial charge in [0.25, 0.3) is 0 Å². The van der Waals surface area contributed by atoms with Crippen LogP contribution in [0.3, 0.4) is 0 Å². The molecule has 0 amide bonds. The van der Waals surface area contributed by atoms with Crippen molar-refractivity contribution in [2.45, 2.75) is 6.10 Å². The van der Waals surface area contributed by atoms with Gasteiger partial charge in [-0.1, -0.05) is 12.1 Å². The molecule has 2 rings (SSSR count). The number of benzene rings is 1. The number of methoxy groups -OCH3 is 1. The maximum atomic E-state index is 10.1. The van der Waals surface area contributed by atoms with Crippen molar-refractivity contribution in [3.8, 4) is 5.75 Å². The zero-order valence-corrected chi connectivity index (χ0v) is 12.0. The molecule has 0 spiro atoms. The fraction of sp³-hybridized carbons (Fsp3) is 0.600. The molecule has 0 bridgehead atoms. The maximum Gasteiger partial charge on any atom is 0.119 e. The third-order valence-electron chi connectivity index (χ3n) is 3.52. The van der Waals surface area contributed by atoms with Crippen LogP contribution in [0.1, 0.15) is 11.7 Å². The van der Waals surface area contributed by atoms with Crippen LogP contribution in [0, 0.1) is 0 Å². The standard InChI is InChI=1S/C15H24N2O3/c1-19-14-4-2-3-13(11-14)15(18)12-16-5-6-17-7-9-20-10-8-17/h2-4,11,15-16,18H,5-10,12H2,1H3. The van der Waals surface area contributed by atoms with Gasteiger partial charge in [0.15, 0.2) is 0 Å². The fourth-order valence-electron chi connectivity index (χ4n) is 2.27. The van der Waals surface area contributed by atoms with Gasteiger partial charge in [0.2, 0.25) is 0 Å². The first-order valence-electron chi connectivity index (χ1n) is 7.12. The van der Waals surface area contributed by atoms with E-state index in [4.69, 9.17) is 9.47 Å². The number of morpholine rings is 1. The van der Waals surface area contributed by atoms with Gasteiger partial charge in [-0.15, -0.1) is 0 Å². The Labute approximate surface area is 120 Å². The predicted octanol–water partition coefficient (Wildman–Crippen LogP) is 0.650. The summed E-state index contributed by atoms with van der Waals surface area (Å²) in [5.74, 6) is 0.773. The van der Waals surface area contributed by atoms with E-state index in [9.17, 15) is 5.11 Å². The van der Waals surface area contributed by atoms with Crippen LogP contribution in [0.2, 0.25) is 0 Å². The summed E-state index contributed by atoms with van der Waals surface area (Å²) in [7, 11) is 1.63. The van der Waals surface area contributed by atoms with E-state index in [1.165, 1.54) is 0 Å². The summed E-state index contributed by atoms with van der Waals surface area (Å²) < 4.78 is 10.5. The van der Waals surface area contributed by atoms with Gasteiger partial charge in [-0.2, -0.15) is 0 Å². The highest BCUT2D eigenvalue weighted by Crippen LogP contribution is 2.18. The van der Waals surface area contributed by atoms with E-state index in [1.807, 2.05) is 24.3 Å². The molecule has 112 valence electrons. The second kappa shape index (κ2) is 8.21. The number of nitrogens with zero attached hydrogens (tertiary/aromatic N) is 1. The van der Waals surface area contributed by atoms with Crippen LogP contribution in [0.4, 0.5) is 0 Å². The molecule has 5 nitrogen and oxygen atoms in total. The molecule has 1 aromatic rings. The molecule has 1 fully saturated rings. The third kappa shape index (κ3) is 4.76. The lowest BCUT2D eigenvalue weighted by Crippen LogP contribution is -2.40. The summed E-state index contributed by atoms with van der Waals surface area (Å²) in [6.45, 7) is 6.08. The van der Waals surface area contributed by atoms with Crippen molar-refractivity contribution in [2.75, 3.05) is 53.0 Å². The molecular weight excluding hydrogens is 256 g/mol. The lowest BCUT2D eigenvalue weighted by atomic mass is 10.1. The number of aliphatic hydroxyl groups is 1. The highest BCUT2D eigenvalue weighted by Gasteiger charge is 2.11. The van der Waals surface area contributed by atoms with Crippen molar-refractivity contribution < 1.29 is 14.6 Å². The zero-order chi connectivity index (χ0) is 14.2. The number of rotatable bonds is 7. The molecule has 1 aliphatic heterocycles. The van der Waals surface area contributed by atoms with Gasteiger partial charge in [-0.25, -0.2) is 0 Å². The van der Waals surface area contributed by atoms with E-state index < -0.39 is 6.10 Å². The average molecular weight is 280 g/mol. The topological polar surface area (TPSA) is 54.0 Å². The summed E-state index contributed by atoms with van der Waals surface area (Å²) in [5, 5.41) is 13.4. The van der Waals surface area contributed by atoms with Gasteiger partial charge in [-0.3, -0.25) is 4.90 Å². The second-order valence-corrected chi connectivity index (χ2v) is 4.95. The largest absolute Gasteiger partial charge is 0.497 e. The van der Waals surface area contributed by atoms with Crippen LogP contribution in [-0.4, -0.2) is 63.1 Å². The molecular formula is C15H24N2O3. The number of hydrogen-bond donors (Lipinski definition) is 2. The molecule has 2 N–H and O–H groups in total. The van der Waals surface area contributed by atoms with E-state index in [2.05, 4.69) is 10.2 Å². The van der Waals surface area contributed by atoms with E-state index in [0.717, 1.165) is 50.7 Å². The quantitative estimate of drug-likeness (QED) is 0.718. The Morgan fingerprint density at radius 2 is 2.20 bits per heavy atom. The summed E-state index contributed by atoms with van der Waals surface area (Å²) in [6, 6.07) is 7.55. The first-order valence-corrected chi connectivity index (χ1v) is 7.12. The van der Waals surface area contributed by atoms with Gasteiger partial charge in [0, 0.05) is 32.7 Å². The van der Waals surface area contributed by atoms with Crippen molar-refractivity contribution >= 4 is 0 Å². The number of hydrogen-bond acceptors (Lipinski definition) is 5. The molecule has 0 saturated carbocycles. The molecule has 0 aliphatic carbocycles. The van der Waals surface area contributed by atoms with Crippen molar-refractivity contribution in [3.63, 3.8) is 0 Å². The molecule has 1 saturated heterocycles. The van der Waals surface area contributed by atoms with Crippen molar-refractivity contribution in [1.29, 1.82) is 0 Å². The maximum absolute atomic E-state index is 10.1. The third-order valence-corrected chi connectivity index (χ3v) is 3.52. The average Bonchev–Trinajstić information content (AvgIpc) is 2.52. The Morgan fingerprint density at radius 3 is 2.95 bits per heavy atom. The fourth-order valence-corrected chi connectivity index (χ4v) is 2.27. The Hall–Kier alpha value is -1.14. The smallest absolute Gasteiger partial charge is 0.119 e. The van der Waals surface area contributed by atoms with Crippen LogP contribution < -0.4 is 10.1 Å². The highest BCUT2D eigenvalue weighted by molar-refractivity contribution is 5.29. The lowest BCUT2D eigenvalue weighted by Gasteiger charge is -2.26. The SMILES string of the molecule is COc1cccc(C(O)CNCCN2CCOCC2)c1. The summed E-state index contributed by atoms with van der Waals surface area (Å²) in [5.41, 5.74) is 0.878. The first kappa shape index (κ1) is 15.3. The summed E-state index contributed by atoms with van der Waals surface area (Å²) >= 11 is 0. The van der Waals surface area contributed by atoms with Crippen LogP contribution in [0.5, 0.6) is 5.75 Å². The number of aliphatic hydroxyl groups excluding tert-OH is 1. The van der Waals surface area contributed by atoms with Gasteiger partial charge in [-0.05, 0) is 17.7 Å². The predicted molar refractivity (Wildman–Crippen MR) is 78.1 cm³/mol. The summed E-state index contributed by atoms with van der Waals surface area (Å²) in [4.78, 5) is 2.37. The zero-order valence-electron chi connectivity index (χ0n) is 12.0. The number of nitrogens with one attached hydrogen (secondary N) is 1. The molecule has 20 heavy (non-hydrogen) atoms. The van der Waals surface area contributed by atoms with Crippen LogP contribution in [0.15, 0.2) is 24.3 Å². The van der Waals surface area contributed by atoms with Crippen molar-refractivity contribution in [2.24, 2.45) is 0 Å².